The number of rotatable bonds is 4. The average molecular weight is 347 g/mol. The van der Waals surface area contributed by atoms with E-state index in [1.165, 1.54) is 36.1 Å². The molecule has 1 amide bonds. The van der Waals surface area contributed by atoms with Crippen LogP contribution in [0.2, 0.25) is 0 Å². The highest BCUT2D eigenvalue weighted by atomic mass is 32.1. The number of fused-ring (bicyclic) bond motifs is 1. The second-order valence-electron chi connectivity index (χ2n) is 8.09. The Kier molecular flexibility index (Phi) is 4.98. The lowest BCUT2D eigenvalue weighted by atomic mass is 9.89. The number of hydrogen-bond donors (Lipinski definition) is 1. The molecule has 1 aromatic heterocycles. The molecule has 1 heterocycles. The molecule has 0 unspecified atom stereocenters. The van der Waals surface area contributed by atoms with Crippen LogP contribution in [0.4, 0.5) is 5.00 Å². The van der Waals surface area contributed by atoms with Gasteiger partial charge in [0.05, 0.1) is 25.7 Å². The number of thiophene rings is 1. The van der Waals surface area contributed by atoms with Crippen LogP contribution in [-0.4, -0.2) is 37.1 Å². The van der Waals surface area contributed by atoms with Gasteiger partial charge >= 0.3 is 0 Å². The minimum atomic E-state index is 0.0371. The lowest BCUT2D eigenvalue weighted by Crippen LogP contribution is -2.51. The summed E-state index contributed by atoms with van der Waals surface area (Å²) in [5, 5.41) is 13.4. The third kappa shape index (κ3) is 3.50. The summed E-state index contributed by atoms with van der Waals surface area (Å²) in [7, 11) is 4.31. The Morgan fingerprint density at radius 2 is 2.04 bits per heavy atom. The van der Waals surface area contributed by atoms with Crippen LogP contribution in [0.15, 0.2) is 0 Å². The second-order valence-corrected chi connectivity index (χ2v) is 9.20. The first kappa shape index (κ1) is 17.4. The lowest BCUT2D eigenvalue weighted by Gasteiger charge is -2.35. The zero-order valence-electron chi connectivity index (χ0n) is 15.0. The first-order valence-electron chi connectivity index (χ1n) is 9.08. The maximum absolute atomic E-state index is 12.6. The van der Waals surface area contributed by atoms with Gasteiger partial charge in [-0.15, -0.1) is 11.3 Å². The average Bonchev–Trinajstić information content (AvgIpc) is 3.13. The predicted octanol–water partition coefficient (Wildman–Crippen LogP) is 3.70. The van der Waals surface area contributed by atoms with Crippen molar-refractivity contribution in [1.82, 2.24) is 0 Å². The Hall–Kier alpha value is -1.38. The third-order valence-electron chi connectivity index (χ3n) is 5.74. The van der Waals surface area contributed by atoms with Gasteiger partial charge in [-0.1, -0.05) is 6.92 Å². The normalized spacial score (nSPS) is 21.3. The van der Waals surface area contributed by atoms with Gasteiger partial charge < -0.3 is 9.80 Å². The van der Waals surface area contributed by atoms with E-state index in [2.05, 4.69) is 32.4 Å². The number of likely N-dealkylation sites (N-methyl/N-ethyl adjacent to an activating group) is 1. The standard InChI is InChI=1S/C19H27N3OS/c1-13-8-9-15-16(11-20)19(24-17(15)10-13)21-18(23)12-22(2,3)14-6-4-5-7-14/h13-14H,4-10,12H2,1-3H3/p+1/t13-/m1/s1. The van der Waals surface area contributed by atoms with Crippen molar-refractivity contribution in [3.05, 3.63) is 16.0 Å². The Morgan fingerprint density at radius 1 is 1.33 bits per heavy atom. The molecule has 0 spiro atoms. The van der Waals surface area contributed by atoms with Gasteiger partial charge in [-0.05, 0) is 56.4 Å². The lowest BCUT2D eigenvalue weighted by molar-refractivity contribution is -0.906. The Bertz CT molecular complexity index is 665. The van der Waals surface area contributed by atoms with Crippen molar-refractivity contribution in [3.8, 4) is 6.07 Å². The first-order chi connectivity index (χ1) is 11.4. The minimum Gasteiger partial charge on any atom is -0.318 e. The molecule has 1 N–H and O–H groups in total. The van der Waals surface area contributed by atoms with Crippen molar-refractivity contribution in [1.29, 1.82) is 5.26 Å². The SMILES string of the molecule is C[C@@H]1CCc2c(sc(NC(=O)C[N+](C)(C)C3CCCC3)c2C#N)C1. The van der Waals surface area contributed by atoms with E-state index in [-0.39, 0.29) is 5.91 Å². The zero-order chi connectivity index (χ0) is 17.3. The Morgan fingerprint density at radius 3 is 2.71 bits per heavy atom. The molecular formula is C19H28N3OS+. The van der Waals surface area contributed by atoms with E-state index < -0.39 is 0 Å². The van der Waals surface area contributed by atoms with Gasteiger partial charge in [0.15, 0.2) is 6.54 Å². The topological polar surface area (TPSA) is 52.9 Å². The molecule has 4 nitrogen and oxygen atoms in total. The number of carbonyl (C=O) groups is 1. The van der Waals surface area contributed by atoms with Gasteiger partial charge in [-0.2, -0.15) is 5.26 Å². The van der Waals surface area contributed by atoms with E-state index in [0.717, 1.165) is 28.7 Å². The van der Waals surface area contributed by atoms with Crippen molar-refractivity contribution in [2.24, 2.45) is 5.92 Å². The van der Waals surface area contributed by atoms with Gasteiger partial charge in [-0.25, -0.2) is 0 Å². The minimum absolute atomic E-state index is 0.0371. The highest BCUT2D eigenvalue weighted by molar-refractivity contribution is 7.16. The molecule has 0 saturated heterocycles. The molecule has 1 atom stereocenters. The smallest absolute Gasteiger partial charge is 0.280 e. The van der Waals surface area contributed by atoms with Gasteiger partial charge in [0.2, 0.25) is 0 Å². The number of quaternary nitrogens is 1. The highest BCUT2D eigenvalue weighted by Gasteiger charge is 2.33. The molecule has 0 aliphatic heterocycles. The fourth-order valence-corrected chi connectivity index (χ4v) is 5.60. The molecule has 0 aromatic carbocycles. The van der Waals surface area contributed by atoms with Crippen molar-refractivity contribution in [2.75, 3.05) is 26.0 Å². The highest BCUT2D eigenvalue weighted by Crippen LogP contribution is 2.39. The Labute approximate surface area is 149 Å². The summed E-state index contributed by atoms with van der Waals surface area (Å²) in [5.74, 6) is 0.708. The van der Waals surface area contributed by atoms with Crippen LogP contribution in [0.25, 0.3) is 0 Å². The molecule has 5 heteroatoms. The molecule has 1 aromatic rings. The van der Waals surface area contributed by atoms with E-state index >= 15 is 0 Å². The quantitative estimate of drug-likeness (QED) is 0.845. The van der Waals surface area contributed by atoms with Gasteiger partial charge in [-0.3, -0.25) is 4.79 Å². The molecular weight excluding hydrogens is 318 g/mol. The fourth-order valence-electron chi connectivity index (χ4n) is 4.23. The van der Waals surface area contributed by atoms with E-state index in [1.807, 2.05) is 0 Å². The van der Waals surface area contributed by atoms with Crippen molar-refractivity contribution >= 4 is 22.2 Å². The van der Waals surface area contributed by atoms with Crippen LogP contribution >= 0.6 is 11.3 Å². The molecule has 3 rings (SSSR count). The predicted molar refractivity (Wildman–Crippen MR) is 98.1 cm³/mol. The molecule has 2 aliphatic carbocycles. The molecule has 130 valence electrons. The molecule has 2 aliphatic rings. The molecule has 0 bridgehead atoms. The molecule has 1 saturated carbocycles. The number of carbonyl (C=O) groups excluding carboxylic acids is 1. The molecule has 24 heavy (non-hydrogen) atoms. The van der Waals surface area contributed by atoms with E-state index in [0.29, 0.717) is 24.1 Å². The van der Waals surface area contributed by atoms with Crippen molar-refractivity contribution in [2.45, 2.75) is 57.9 Å². The largest absolute Gasteiger partial charge is 0.318 e. The zero-order valence-corrected chi connectivity index (χ0v) is 15.8. The maximum atomic E-state index is 12.6. The van der Waals surface area contributed by atoms with Gasteiger partial charge in [0.25, 0.3) is 5.91 Å². The Balaban J connectivity index is 1.72. The van der Waals surface area contributed by atoms with Gasteiger partial charge in [0.1, 0.15) is 11.1 Å². The first-order valence-corrected chi connectivity index (χ1v) is 9.89. The second kappa shape index (κ2) is 6.85. The molecule has 0 radical (unpaired) electrons. The number of amides is 1. The van der Waals surface area contributed by atoms with Crippen LogP contribution in [0.3, 0.4) is 0 Å². The van der Waals surface area contributed by atoms with Crippen LogP contribution in [0.1, 0.15) is 55.0 Å². The summed E-state index contributed by atoms with van der Waals surface area (Å²) in [5.41, 5.74) is 1.89. The fraction of sp³-hybridized carbons (Fsp3) is 0.684. The summed E-state index contributed by atoms with van der Waals surface area (Å²) < 4.78 is 0.746. The molecule has 1 fully saturated rings. The summed E-state index contributed by atoms with van der Waals surface area (Å²) >= 11 is 1.62. The van der Waals surface area contributed by atoms with E-state index in [1.54, 1.807) is 11.3 Å². The summed E-state index contributed by atoms with van der Waals surface area (Å²) in [6, 6.07) is 2.92. The summed E-state index contributed by atoms with van der Waals surface area (Å²) in [6.45, 7) is 2.74. The van der Waals surface area contributed by atoms with Crippen LogP contribution in [-0.2, 0) is 17.6 Å². The summed E-state index contributed by atoms with van der Waals surface area (Å²) in [6.07, 6.45) is 8.13. The number of hydrogen-bond acceptors (Lipinski definition) is 3. The monoisotopic (exact) mass is 346 g/mol. The van der Waals surface area contributed by atoms with E-state index in [9.17, 15) is 10.1 Å². The summed E-state index contributed by atoms with van der Waals surface area (Å²) in [4.78, 5) is 13.9. The van der Waals surface area contributed by atoms with Crippen LogP contribution < -0.4 is 5.32 Å². The van der Waals surface area contributed by atoms with E-state index in [4.69, 9.17) is 0 Å². The van der Waals surface area contributed by atoms with Crippen LogP contribution in [0, 0.1) is 17.2 Å². The van der Waals surface area contributed by atoms with Gasteiger partial charge in [0, 0.05) is 4.88 Å². The number of nitriles is 1. The van der Waals surface area contributed by atoms with Crippen molar-refractivity contribution in [3.63, 3.8) is 0 Å². The van der Waals surface area contributed by atoms with Crippen molar-refractivity contribution < 1.29 is 9.28 Å². The third-order valence-corrected chi connectivity index (χ3v) is 6.91. The number of nitrogens with zero attached hydrogens (tertiary/aromatic N) is 2. The number of anilines is 1. The number of nitrogens with one attached hydrogen (secondary N) is 1. The maximum Gasteiger partial charge on any atom is 0.280 e. The van der Waals surface area contributed by atoms with Crippen LogP contribution in [0.5, 0.6) is 0 Å².